The van der Waals surface area contributed by atoms with Crippen molar-refractivity contribution in [2.45, 2.75) is 77.4 Å². The highest BCUT2D eigenvalue weighted by Crippen LogP contribution is 2.18. The molecule has 2 aromatic carbocycles. The monoisotopic (exact) mass is 616 g/mol. The summed E-state index contributed by atoms with van der Waals surface area (Å²) in [5.41, 5.74) is 1.32. The molecule has 0 aliphatic heterocycles. The molecule has 12 nitrogen and oxygen atoms in total. The number of hydrogen-bond donors (Lipinski definition) is 4. The van der Waals surface area contributed by atoms with E-state index in [0.29, 0.717) is 11.1 Å². The Kier molecular flexibility index (Phi) is 14.9. The minimum Gasteiger partial charge on any atom is -0.467 e. The fourth-order valence-corrected chi connectivity index (χ4v) is 4.26. The topological polar surface area (TPSA) is 170 Å². The predicted molar refractivity (Wildman–Crippen MR) is 160 cm³/mol. The summed E-state index contributed by atoms with van der Waals surface area (Å²) in [5, 5.41) is 27.8. The molecule has 2 rings (SSSR count). The van der Waals surface area contributed by atoms with Crippen molar-refractivity contribution in [1.82, 2.24) is 10.6 Å². The van der Waals surface area contributed by atoms with E-state index in [4.69, 9.17) is 18.9 Å². The summed E-state index contributed by atoms with van der Waals surface area (Å²) in [6.45, 7) is 6.47. The molecule has 0 saturated heterocycles. The Bertz CT molecular complexity index is 1100. The number of carbonyl (C=O) groups is 4. The molecule has 0 fully saturated rings. The van der Waals surface area contributed by atoms with Gasteiger partial charge in [-0.25, -0.2) is 9.59 Å². The highest BCUT2D eigenvalue weighted by atomic mass is 16.5. The third-order valence-corrected chi connectivity index (χ3v) is 6.87. The van der Waals surface area contributed by atoms with Gasteiger partial charge in [0.1, 0.15) is 24.3 Å². The van der Waals surface area contributed by atoms with Crippen LogP contribution in [0.25, 0.3) is 0 Å². The summed E-state index contributed by atoms with van der Waals surface area (Å²) < 4.78 is 21.2. The summed E-state index contributed by atoms with van der Waals surface area (Å²) in [5.74, 6) is -4.04. The molecule has 0 saturated carbocycles. The van der Waals surface area contributed by atoms with E-state index >= 15 is 0 Å². The highest BCUT2D eigenvalue weighted by Gasteiger charge is 2.43. The van der Waals surface area contributed by atoms with Gasteiger partial charge in [-0.15, -0.1) is 0 Å². The van der Waals surface area contributed by atoms with E-state index in [9.17, 15) is 29.4 Å². The van der Waals surface area contributed by atoms with Gasteiger partial charge < -0.3 is 39.8 Å². The molecule has 12 heteroatoms. The summed E-state index contributed by atoms with van der Waals surface area (Å²) in [6, 6.07) is 15.4. The second-order valence-electron chi connectivity index (χ2n) is 10.9. The number of methoxy groups -OCH3 is 2. The van der Waals surface area contributed by atoms with Crippen molar-refractivity contribution < 1.29 is 48.3 Å². The molecule has 44 heavy (non-hydrogen) atoms. The van der Waals surface area contributed by atoms with Crippen LogP contribution in [0, 0.1) is 11.8 Å². The van der Waals surface area contributed by atoms with Crippen molar-refractivity contribution in [2.24, 2.45) is 11.8 Å². The number of rotatable bonds is 17. The van der Waals surface area contributed by atoms with E-state index in [0.717, 1.165) is 0 Å². The van der Waals surface area contributed by atoms with Crippen LogP contribution in [-0.2, 0) is 51.3 Å². The van der Waals surface area contributed by atoms with E-state index in [-0.39, 0.29) is 25.0 Å². The third kappa shape index (κ3) is 10.7. The molecule has 0 aromatic heterocycles. The number of hydrogen-bond acceptors (Lipinski definition) is 10. The zero-order chi connectivity index (χ0) is 32.8. The molecule has 6 atom stereocenters. The molecule has 0 aliphatic rings. The lowest BCUT2D eigenvalue weighted by Gasteiger charge is -2.32. The molecule has 0 aliphatic carbocycles. The van der Waals surface area contributed by atoms with Gasteiger partial charge in [0.15, 0.2) is 12.2 Å². The Balaban J connectivity index is 2.42. The van der Waals surface area contributed by atoms with Crippen molar-refractivity contribution in [1.29, 1.82) is 0 Å². The molecule has 4 N–H and O–H groups in total. The van der Waals surface area contributed by atoms with E-state index in [2.05, 4.69) is 10.6 Å². The minimum atomic E-state index is -2.02. The lowest BCUT2D eigenvalue weighted by Crippen LogP contribution is -2.59. The van der Waals surface area contributed by atoms with Crippen LogP contribution < -0.4 is 10.6 Å². The van der Waals surface area contributed by atoms with Gasteiger partial charge in [-0.2, -0.15) is 0 Å². The first-order valence-corrected chi connectivity index (χ1v) is 14.3. The number of carbonyl (C=O) groups excluding carboxylic acids is 4. The Morgan fingerprint density at radius 2 is 0.932 bits per heavy atom. The van der Waals surface area contributed by atoms with Crippen LogP contribution in [0.15, 0.2) is 60.7 Å². The zero-order valence-corrected chi connectivity index (χ0v) is 26.0. The Morgan fingerprint density at radius 3 is 1.20 bits per heavy atom. The average molecular weight is 617 g/mol. The maximum Gasteiger partial charge on any atom is 0.328 e. The number of ether oxygens (including phenoxy) is 4. The summed E-state index contributed by atoms with van der Waals surface area (Å²) >= 11 is 0. The van der Waals surface area contributed by atoms with E-state index in [1.165, 1.54) is 14.2 Å². The minimum absolute atomic E-state index is 0.146. The maximum absolute atomic E-state index is 13.5. The summed E-state index contributed by atoms with van der Waals surface area (Å²) in [7, 11) is 2.36. The average Bonchev–Trinajstić information content (AvgIpc) is 3.02. The number of amides is 2. The molecular formula is C32H44N2O10. The number of aliphatic hydroxyl groups excluding tert-OH is 2. The number of esters is 2. The highest BCUT2D eigenvalue weighted by molar-refractivity contribution is 5.89. The summed E-state index contributed by atoms with van der Waals surface area (Å²) in [4.78, 5) is 51.7. The summed E-state index contributed by atoms with van der Waals surface area (Å²) in [6.07, 6.45) is -7.56. The quantitative estimate of drug-likeness (QED) is 0.191. The Morgan fingerprint density at radius 1 is 0.614 bits per heavy atom. The molecule has 242 valence electrons. The first-order valence-electron chi connectivity index (χ1n) is 14.3. The van der Waals surface area contributed by atoms with Crippen LogP contribution in [-0.4, -0.2) is 84.7 Å². The van der Waals surface area contributed by atoms with Gasteiger partial charge in [0.05, 0.1) is 27.4 Å². The van der Waals surface area contributed by atoms with Crippen LogP contribution in [0.4, 0.5) is 0 Å². The van der Waals surface area contributed by atoms with Crippen molar-refractivity contribution in [3.8, 4) is 0 Å². The third-order valence-electron chi connectivity index (χ3n) is 6.87. The SMILES string of the molecule is COC(=O)[C@@H](NC(=O)[C@H](OCc1ccccc1)[C@H](O)[C@@H](O)[C@@H](OCc1ccccc1)C(=O)N[C@H](C(=O)OC)C(C)C)C(C)C. The van der Waals surface area contributed by atoms with Crippen molar-refractivity contribution in [3.05, 3.63) is 71.8 Å². The van der Waals surface area contributed by atoms with Gasteiger partial charge >= 0.3 is 11.9 Å². The first-order chi connectivity index (χ1) is 20.9. The molecule has 0 radical (unpaired) electrons. The van der Waals surface area contributed by atoms with Gasteiger partial charge in [0.25, 0.3) is 11.8 Å². The van der Waals surface area contributed by atoms with Crippen LogP contribution in [0.5, 0.6) is 0 Å². The van der Waals surface area contributed by atoms with Crippen LogP contribution in [0.3, 0.4) is 0 Å². The zero-order valence-electron chi connectivity index (χ0n) is 26.0. The van der Waals surface area contributed by atoms with Crippen molar-refractivity contribution in [3.63, 3.8) is 0 Å². The fourth-order valence-electron chi connectivity index (χ4n) is 4.26. The normalized spacial score (nSPS) is 15.4. The van der Waals surface area contributed by atoms with Gasteiger partial charge in [-0.1, -0.05) is 88.4 Å². The second-order valence-corrected chi connectivity index (χ2v) is 10.9. The maximum atomic E-state index is 13.5. The molecular weight excluding hydrogens is 572 g/mol. The lowest BCUT2D eigenvalue weighted by atomic mass is 9.98. The van der Waals surface area contributed by atoms with Gasteiger partial charge in [-0.3, -0.25) is 9.59 Å². The van der Waals surface area contributed by atoms with Crippen molar-refractivity contribution >= 4 is 23.8 Å². The smallest absolute Gasteiger partial charge is 0.328 e. The van der Waals surface area contributed by atoms with Gasteiger partial charge in [-0.05, 0) is 23.0 Å². The van der Waals surface area contributed by atoms with Crippen LogP contribution >= 0.6 is 0 Å². The molecule has 0 bridgehead atoms. The van der Waals surface area contributed by atoms with Crippen LogP contribution in [0.2, 0.25) is 0 Å². The molecule has 2 amide bonds. The molecule has 0 heterocycles. The lowest BCUT2D eigenvalue weighted by molar-refractivity contribution is -0.172. The first kappa shape index (κ1) is 36.4. The number of aliphatic hydroxyl groups is 2. The number of benzene rings is 2. The van der Waals surface area contributed by atoms with Crippen molar-refractivity contribution in [2.75, 3.05) is 14.2 Å². The molecule has 0 spiro atoms. The standard InChI is InChI=1S/C32H44N2O10/c1-19(2)23(31(39)41-5)33-29(37)27(43-17-21-13-9-7-10-14-21)25(35)26(36)28(44-18-22-15-11-8-12-16-22)30(38)34-24(20(3)4)32(40)42-6/h7-16,19-20,23-28,35-36H,17-18H2,1-6H3,(H,33,37)(H,34,38)/t23-,24-,25+,26+,27+,28+/m0/s1. The molecule has 0 unspecified atom stereocenters. The Hall–Kier alpha value is -3.84. The number of nitrogens with one attached hydrogen (secondary N) is 2. The molecule has 2 aromatic rings. The van der Waals surface area contributed by atoms with E-state index in [1.54, 1.807) is 88.4 Å². The fraction of sp³-hybridized carbons (Fsp3) is 0.500. The predicted octanol–water partition coefficient (Wildman–Crippen LogP) is 1.51. The second kappa shape index (κ2) is 18.1. The largest absolute Gasteiger partial charge is 0.467 e. The van der Waals surface area contributed by atoms with Crippen LogP contribution in [0.1, 0.15) is 38.8 Å². The van der Waals surface area contributed by atoms with Gasteiger partial charge in [0.2, 0.25) is 0 Å². The van der Waals surface area contributed by atoms with E-state index < -0.39 is 60.3 Å². The van der Waals surface area contributed by atoms with Gasteiger partial charge in [0, 0.05) is 0 Å². The van der Waals surface area contributed by atoms with E-state index in [1.807, 2.05) is 0 Å². The Labute approximate surface area is 258 Å².